The molecule has 1 saturated carbocycles. The minimum absolute atomic E-state index is 0.403. The van der Waals surface area contributed by atoms with E-state index in [9.17, 15) is 0 Å². The lowest BCUT2D eigenvalue weighted by atomic mass is 9.89. The Kier molecular flexibility index (Phi) is 6.02. The quantitative estimate of drug-likeness (QED) is 0.605. The first-order chi connectivity index (χ1) is 8.86. The smallest absolute Gasteiger partial charge is 0.0376 e. The van der Waals surface area contributed by atoms with Gasteiger partial charge in [-0.2, -0.15) is 0 Å². The molecule has 0 radical (unpaired) electrons. The number of nitrogens with one attached hydrogen (secondary N) is 1. The molecule has 0 heterocycles. The highest BCUT2D eigenvalue weighted by molar-refractivity contribution is 6.20. The van der Waals surface area contributed by atoms with E-state index in [0.29, 0.717) is 11.3 Å². The zero-order chi connectivity index (χ0) is 12.6. The van der Waals surface area contributed by atoms with Gasteiger partial charge < -0.3 is 5.32 Å². The highest BCUT2D eigenvalue weighted by Gasteiger charge is 2.22. The van der Waals surface area contributed by atoms with Crippen molar-refractivity contribution in [3.63, 3.8) is 0 Å². The van der Waals surface area contributed by atoms with Gasteiger partial charge in [0, 0.05) is 5.38 Å². The predicted octanol–water partition coefficient (Wildman–Crippen LogP) is 4.01. The maximum atomic E-state index is 6.35. The Hall–Kier alpha value is -0.530. The Bertz CT molecular complexity index is 325. The molecule has 2 heteroatoms. The molecule has 18 heavy (non-hydrogen) atoms. The summed E-state index contributed by atoms with van der Waals surface area (Å²) in [5, 5.41) is 3.97. The molecule has 0 aromatic heterocycles. The molecule has 1 aliphatic rings. The average Bonchev–Trinajstić information content (AvgIpc) is 2.42. The Balaban J connectivity index is 1.56. The van der Waals surface area contributed by atoms with Crippen molar-refractivity contribution >= 4 is 11.6 Å². The van der Waals surface area contributed by atoms with Crippen molar-refractivity contribution in [3.8, 4) is 0 Å². The molecule has 2 rings (SSSR count). The van der Waals surface area contributed by atoms with Gasteiger partial charge in [0.05, 0.1) is 0 Å². The molecule has 0 amide bonds. The van der Waals surface area contributed by atoms with E-state index >= 15 is 0 Å². The minimum atomic E-state index is 0.403. The molecule has 0 bridgehead atoms. The lowest BCUT2D eigenvalue weighted by molar-refractivity contribution is 0.348. The van der Waals surface area contributed by atoms with Gasteiger partial charge in [0.2, 0.25) is 0 Å². The maximum absolute atomic E-state index is 6.35. The van der Waals surface area contributed by atoms with E-state index in [0.717, 1.165) is 13.1 Å². The molecule has 1 aromatic carbocycles. The summed E-state index contributed by atoms with van der Waals surface area (Å²) in [5.74, 6) is 0.692. The third-order valence-corrected chi connectivity index (χ3v) is 4.46. The fourth-order valence-electron chi connectivity index (χ4n) is 2.74. The van der Waals surface area contributed by atoms with Crippen molar-refractivity contribution in [1.82, 2.24) is 5.32 Å². The first kappa shape index (κ1) is 13.9. The topological polar surface area (TPSA) is 12.0 Å². The van der Waals surface area contributed by atoms with Crippen LogP contribution in [0.5, 0.6) is 0 Å². The van der Waals surface area contributed by atoms with E-state index in [1.807, 2.05) is 0 Å². The summed E-state index contributed by atoms with van der Waals surface area (Å²) >= 11 is 6.35. The molecule has 1 N–H and O–H groups in total. The van der Waals surface area contributed by atoms with Crippen LogP contribution in [0.15, 0.2) is 30.3 Å². The van der Waals surface area contributed by atoms with Gasteiger partial charge in [-0.05, 0) is 50.3 Å². The van der Waals surface area contributed by atoms with E-state index in [-0.39, 0.29) is 0 Å². The fraction of sp³-hybridized carbons (Fsp3) is 0.625. The Morgan fingerprint density at radius 1 is 1.11 bits per heavy atom. The number of hydrogen-bond acceptors (Lipinski definition) is 1. The van der Waals surface area contributed by atoms with Crippen molar-refractivity contribution in [1.29, 1.82) is 0 Å². The van der Waals surface area contributed by atoms with Gasteiger partial charge in [-0.3, -0.25) is 0 Å². The zero-order valence-corrected chi connectivity index (χ0v) is 11.8. The number of hydrogen-bond donors (Lipinski definition) is 1. The van der Waals surface area contributed by atoms with Gasteiger partial charge in [-0.15, -0.1) is 11.6 Å². The van der Waals surface area contributed by atoms with Gasteiger partial charge >= 0.3 is 0 Å². The van der Waals surface area contributed by atoms with Crippen LogP contribution >= 0.6 is 11.6 Å². The normalized spacial score (nSPS) is 24.1. The predicted molar refractivity (Wildman–Crippen MR) is 79.2 cm³/mol. The lowest BCUT2D eigenvalue weighted by Gasteiger charge is -2.27. The van der Waals surface area contributed by atoms with Gasteiger partial charge in [0.15, 0.2) is 0 Å². The number of alkyl halides is 1. The van der Waals surface area contributed by atoms with Crippen molar-refractivity contribution < 1.29 is 0 Å². The largest absolute Gasteiger partial charge is 0.316 e. The van der Waals surface area contributed by atoms with Gasteiger partial charge in [0.25, 0.3) is 0 Å². The molecular weight excluding hydrogens is 242 g/mol. The summed E-state index contributed by atoms with van der Waals surface area (Å²) in [6, 6.07) is 10.7. The molecule has 1 aromatic rings. The van der Waals surface area contributed by atoms with Crippen molar-refractivity contribution in [2.75, 3.05) is 13.1 Å². The number of halogens is 1. The second-order valence-electron chi connectivity index (χ2n) is 5.35. The second kappa shape index (κ2) is 7.81. The van der Waals surface area contributed by atoms with Gasteiger partial charge in [0.1, 0.15) is 0 Å². The first-order valence-corrected chi connectivity index (χ1v) is 7.68. The van der Waals surface area contributed by atoms with Crippen LogP contribution in [0.25, 0.3) is 0 Å². The zero-order valence-electron chi connectivity index (χ0n) is 11.1. The average molecular weight is 266 g/mol. The van der Waals surface area contributed by atoms with E-state index in [2.05, 4.69) is 35.6 Å². The van der Waals surface area contributed by atoms with Crippen LogP contribution in [0.4, 0.5) is 0 Å². The summed E-state index contributed by atoms with van der Waals surface area (Å²) in [7, 11) is 0. The summed E-state index contributed by atoms with van der Waals surface area (Å²) in [4.78, 5) is 0. The van der Waals surface area contributed by atoms with Crippen molar-refractivity contribution in [3.05, 3.63) is 35.9 Å². The molecule has 1 nitrogen and oxygen atoms in total. The molecule has 2 atom stereocenters. The van der Waals surface area contributed by atoms with Gasteiger partial charge in [-0.25, -0.2) is 0 Å². The van der Waals surface area contributed by atoms with E-state index in [1.165, 1.54) is 44.1 Å². The third-order valence-electron chi connectivity index (χ3n) is 3.88. The Morgan fingerprint density at radius 2 is 1.89 bits per heavy atom. The van der Waals surface area contributed by atoms with Crippen LogP contribution in [0.3, 0.4) is 0 Å². The van der Waals surface area contributed by atoms with Crippen LogP contribution in [0.2, 0.25) is 0 Å². The second-order valence-corrected chi connectivity index (χ2v) is 5.91. The molecule has 0 aliphatic heterocycles. The van der Waals surface area contributed by atoms with Crippen LogP contribution in [-0.2, 0) is 6.42 Å². The number of rotatable bonds is 6. The van der Waals surface area contributed by atoms with Crippen LogP contribution in [0.1, 0.15) is 37.7 Å². The molecule has 1 fully saturated rings. The van der Waals surface area contributed by atoms with Crippen molar-refractivity contribution in [2.24, 2.45) is 5.92 Å². The lowest BCUT2D eigenvalue weighted by Crippen LogP contribution is -2.31. The molecule has 100 valence electrons. The standard InChI is InChI=1S/C16H24ClN/c17-16-11-5-4-10-15(16)13-18-12-6-9-14-7-2-1-3-8-14/h1-3,7-8,15-16,18H,4-6,9-13H2. The maximum Gasteiger partial charge on any atom is 0.0376 e. The highest BCUT2D eigenvalue weighted by Crippen LogP contribution is 2.27. The molecule has 0 saturated heterocycles. The van der Waals surface area contributed by atoms with Crippen LogP contribution < -0.4 is 5.32 Å². The monoisotopic (exact) mass is 265 g/mol. The summed E-state index contributed by atoms with van der Waals surface area (Å²) < 4.78 is 0. The summed E-state index contributed by atoms with van der Waals surface area (Å²) in [6.07, 6.45) is 7.57. The van der Waals surface area contributed by atoms with Crippen molar-refractivity contribution in [2.45, 2.75) is 43.9 Å². The highest BCUT2D eigenvalue weighted by atomic mass is 35.5. The van der Waals surface area contributed by atoms with E-state index in [4.69, 9.17) is 11.6 Å². The first-order valence-electron chi connectivity index (χ1n) is 7.25. The van der Waals surface area contributed by atoms with E-state index in [1.54, 1.807) is 0 Å². The molecule has 1 aliphatic carbocycles. The number of aryl methyl sites for hydroxylation is 1. The van der Waals surface area contributed by atoms with E-state index < -0.39 is 0 Å². The third kappa shape index (κ3) is 4.62. The molecule has 0 spiro atoms. The number of benzene rings is 1. The Labute approximate surface area is 116 Å². The SMILES string of the molecule is ClC1CCCCC1CNCCCc1ccccc1. The minimum Gasteiger partial charge on any atom is -0.316 e. The van der Waals surface area contributed by atoms with Gasteiger partial charge in [-0.1, -0.05) is 43.2 Å². The van der Waals surface area contributed by atoms with Crippen LogP contribution in [0, 0.1) is 5.92 Å². The molecule has 2 unspecified atom stereocenters. The van der Waals surface area contributed by atoms with Crippen LogP contribution in [-0.4, -0.2) is 18.5 Å². The Morgan fingerprint density at radius 3 is 2.67 bits per heavy atom. The molecular formula is C16H24ClN. The fourth-order valence-corrected chi connectivity index (χ4v) is 3.11. The summed E-state index contributed by atoms with van der Waals surface area (Å²) in [5.41, 5.74) is 1.44. The summed E-state index contributed by atoms with van der Waals surface area (Å²) in [6.45, 7) is 2.21.